The largest absolute Gasteiger partial charge is 0.482 e. The molecule has 0 aliphatic carbocycles. The Morgan fingerprint density at radius 2 is 2.26 bits per heavy atom. The maximum Gasteiger partial charge on any atom is 0.343 e. The van der Waals surface area contributed by atoms with E-state index in [1.807, 2.05) is 12.1 Å². The van der Waals surface area contributed by atoms with E-state index in [0.29, 0.717) is 6.04 Å². The molecule has 1 aromatic carbocycles. The van der Waals surface area contributed by atoms with Gasteiger partial charge in [-0.2, -0.15) is 0 Å². The molecule has 0 radical (unpaired) electrons. The summed E-state index contributed by atoms with van der Waals surface area (Å²) in [6.07, 6.45) is 2.20. The van der Waals surface area contributed by atoms with Crippen LogP contribution in [0, 0.1) is 0 Å². The number of fused-ring (bicyclic) bond motifs is 1. The van der Waals surface area contributed by atoms with Crippen molar-refractivity contribution in [3.05, 3.63) is 23.8 Å². The summed E-state index contributed by atoms with van der Waals surface area (Å²) >= 11 is 0. The van der Waals surface area contributed by atoms with Gasteiger partial charge in [-0.05, 0) is 31.4 Å². The van der Waals surface area contributed by atoms with Gasteiger partial charge in [0, 0.05) is 24.3 Å². The number of carbonyl (C=O) groups is 1. The van der Waals surface area contributed by atoms with Crippen molar-refractivity contribution in [2.45, 2.75) is 32.7 Å². The van der Waals surface area contributed by atoms with Crippen LogP contribution in [0.5, 0.6) is 5.75 Å². The van der Waals surface area contributed by atoms with Crippen molar-refractivity contribution in [3.63, 3.8) is 0 Å². The summed E-state index contributed by atoms with van der Waals surface area (Å²) in [7, 11) is 1.36. The number of rotatable bonds is 5. The molecule has 0 amide bonds. The Kier molecular flexibility index (Phi) is 4.30. The normalized spacial score (nSPS) is 15.0. The first kappa shape index (κ1) is 13.7. The average Bonchev–Trinajstić information content (AvgIpc) is 2.86. The molecule has 2 rings (SSSR count). The number of carbonyl (C=O) groups excluding carboxylic acids is 1. The predicted molar refractivity (Wildman–Crippen MR) is 74.8 cm³/mol. The lowest BCUT2D eigenvalue weighted by atomic mass is 10.1. The van der Waals surface area contributed by atoms with Crippen LogP contribution in [-0.4, -0.2) is 32.3 Å². The molecular weight excluding hydrogens is 242 g/mol. The molecule has 0 saturated heterocycles. The molecule has 104 valence electrons. The number of hydrogen-bond acceptors (Lipinski definition) is 4. The van der Waals surface area contributed by atoms with E-state index < -0.39 is 0 Å². The van der Waals surface area contributed by atoms with E-state index in [4.69, 9.17) is 4.74 Å². The van der Waals surface area contributed by atoms with Gasteiger partial charge in [-0.15, -0.1) is 0 Å². The van der Waals surface area contributed by atoms with Crippen molar-refractivity contribution in [1.82, 2.24) is 0 Å². The van der Waals surface area contributed by atoms with Crippen LogP contribution in [0.2, 0.25) is 0 Å². The molecule has 1 aliphatic heterocycles. The summed E-state index contributed by atoms with van der Waals surface area (Å²) in [5, 5.41) is 0. The SMILES string of the molecule is CCC(C)N1CCc2ccc(OCC(=O)OC)cc21. The van der Waals surface area contributed by atoms with Crippen LogP contribution < -0.4 is 9.64 Å². The fraction of sp³-hybridized carbons (Fsp3) is 0.533. The van der Waals surface area contributed by atoms with Crippen molar-refractivity contribution < 1.29 is 14.3 Å². The third kappa shape index (κ3) is 3.00. The van der Waals surface area contributed by atoms with Gasteiger partial charge in [0.1, 0.15) is 5.75 Å². The first-order valence-electron chi connectivity index (χ1n) is 6.75. The molecule has 0 N–H and O–H groups in total. The molecule has 19 heavy (non-hydrogen) atoms. The van der Waals surface area contributed by atoms with E-state index in [1.54, 1.807) is 0 Å². The number of anilines is 1. The standard InChI is InChI=1S/C15H21NO3/c1-4-11(2)16-8-7-12-5-6-13(9-14(12)16)19-10-15(17)18-3/h5-6,9,11H,4,7-8,10H2,1-3H3. The van der Waals surface area contributed by atoms with Crippen molar-refractivity contribution in [1.29, 1.82) is 0 Å². The molecule has 1 unspecified atom stereocenters. The van der Waals surface area contributed by atoms with Crippen LogP contribution in [0.25, 0.3) is 0 Å². The Balaban J connectivity index is 2.11. The van der Waals surface area contributed by atoms with E-state index >= 15 is 0 Å². The summed E-state index contributed by atoms with van der Waals surface area (Å²) in [5.41, 5.74) is 2.59. The highest BCUT2D eigenvalue weighted by atomic mass is 16.6. The number of ether oxygens (including phenoxy) is 2. The Hall–Kier alpha value is -1.71. The Bertz CT molecular complexity index is 459. The molecule has 4 nitrogen and oxygen atoms in total. The second-order valence-corrected chi connectivity index (χ2v) is 4.86. The third-order valence-electron chi connectivity index (χ3n) is 3.70. The van der Waals surface area contributed by atoms with Gasteiger partial charge < -0.3 is 14.4 Å². The lowest BCUT2D eigenvalue weighted by Gasteiger charge is -2.26. The van der Waals surface area contributed by atoms with Gasteiger partial charge >= 0.3 is 5.97 Å². The van der Waals surface area contributed by atoms with E-state index in [0.717, 1.165) is 25.1 Å². The van der Waals surface area contributed by atoms with Gasteiger partial charge in [0.25, 0.3) is 0 Å². The van der Waals surface area contributed by atoms with Crippen molar-refractivity contribution in [2.75, 3.05) is 25.2 Å². The third-order valence-corrected chi connectivity index (χ3v) is 3.70. The van der Waals surface area contributed by atoms with Gasteiger partial charge in [-0.25, -0.2) is 4.79 Å². The molecule has 0 spiro atoms. The quantitative estimate of drug-likeness (QED) is 0.765. The highest BCUT2D eigenvalue weighted by Gasteiger charge is 2.23. The number of benzene rings is 1. The highest BCUT2D eigenvalue weighted by Crippen LogP contribution is 2.33. The molecule has 4 heteroatoms. The summed E-state index contributed by atoms with van der Waals surface area (Å²) in [5.74, 6) is 0.360. The number of nitrogens with zero attached hydrogens (tertiary/aromatic N) is 1. The van der Waals surface area contributed by atoms with Gasteiger partial charge in [-0.1, -0.05) is 13.0 Å². The van der Waals surface area contributed by atoms with Gasteiger partial charge in [0.2, 0.25) is 0 Å². The Morgan fingerprint density at radius 1 is 1.47 bits per heavy atom. The van der Waals surface area contributed by atoms with E-state index in [9.17, 15) is 4.79 Å². The smallest absolute Gasteiger partial charge is 0.343 e. The molecule has 0 bridgehead atoms. The molecule has 0 saturated carbocycles. The second kappa shape index (κ2) is 5.95. The topological polar surface area (TPSA) is 38.8 Å². The van der Waals surface area contributed by atoms with Crippen LogP contribution in [0.3, 0.4) is 0 Å². The summed E-state index contributed by atoms with van der Waals surface area (Å²) in [6, 6.07) is 6.56. The number of methoxy groups -OCH3 is 1. The molecule has 1 atom stereocenters. The minimum atomic E-state index is -0.362. The van der Waals surface area contributed by atoms with Crippen molar-refractivity contribution in [3.8, 4) is 5.75 Å². The molecule has 0 fully saturated rings. The van der Waals surface area contributed by atoms with Crippen LogP contribution in [0.4, 0.5) is 5.69 Å². The molecular formula is C15H21NO3. The first-order valence-corrected chi connectivity index (χ1v) is 6.75. The zero-order chi connectivity index (χ0) is 13.8. The van der Waals surface area contributed by atoms with Crippen molar-refractivity contribution >= 4 is 11.7 Å². The molecule has 1 aliphatic rings. The summed E-state index contributed by atoms with van der Waals surface area (Å²) < 4.78 is 10.0. The van der Waals surface area contributed by atoms with E-state index in [-0.39, 0.29) is 12.6 Å². The number of hydrogen-bond donors (Lipinski definition) is 0. The lowest BCUT2D eigenvalue weighted by molar-refractivity contribution is -0.142. The second-order valence-electron chi connectivity index (χ2n) is 4.86. The maximum absolute atomic E-state index is 11.1. The molecule has 1 aromatic rings. The van der Waals surface area contributed by atoms with E-state index in [1.165, 1.54) is 18.4 Å². The zero-order valence-electron chi connectivity index (χ0n) is 11.8. The van der Waals surface area contributed by atoms with Crippen molar-refractivity contribution in [2.24, 2.45) is 0 Å². The first-order chi connectivity index (χ1) is 9.15. The Morgan fingerprint density at radius 3 is 2.95 bits per heavy atom. The minimum Gasteiger partial charge on any atom is -0.482 e. The fourth-order valence-corrected chi connectivity index (χ4v) is 2.35. The monoisotopic (exact) mass is 263 g/mol. The zero-order valence-corrected chi connectivity index (χ0v) is 11.8. The summed E-state index contributed by atoms with van der Waals surface area (Å²) in [6.45, 7) is 5.45. The lowest BCUT2D eigenvalue weighted by Crippen LogP contribution is -2.30. The van der Waals surface area contributed by atoms with Crippen LogP contribution >= 0.6 is 0 Å². The average molecular weight is 263 g/mol. The fourth-order valence-electron chi connectivity index (χ4n) is 2.35. The Labute approximate surface area is 114 Å². The minimum absolute atomic E-state index is 0.0430. The van der Waals surface area contributed by atoms with Gasteiger partial charge in [0.05, 0.1) is 7.11 Å². The van der Waals surface area contributed by atoms with Crippen LogP contribution in [-0.2, 0) is 16.0 Å². The maximum atomic E-state index is 11.1. The summed E-state index contributed by atoms with van der Waals surface area (Å²) in [4.78, 5) is 13.5. The predicted octanol–water partition coefficient (Wildman–Crippen LogP) is 2.40. The van der Waals surface area contributed by atoms with Gasteiger partial charge in [0.15, 0.2) is 6.61 Å². The highest BCUT2D eigenvalue weighted by molar-refractivity contribution is 5.71. The van der Waals surface area contributed by atoms with E-state index in [2.05, 4.69) is 29.6 Å². The van der Waals surface area contributed by atoms with Gasteiger partial charge in [-0.3, -0.25) is 0 Å². The molecule has 1 heterocycles. The van der Waals surface area contributed by atoms with Crippen LogP contribution in [0.1, 0.15) is 25.8 Å². The molecule has 0 aromatic heterocycles. The number of esters is 1. The van der Waals surface area contributed by atoms with Crippen LogP contribution in [0.15, 0.2) is 18.2 Å².